The normalized spacial score (nSPS) is 19.9. The highest BCUT2D eigenvalue weighted by Gasteiger charge is 2.37. The summed E-state index contributed by atoms with van der Waals surface area (Å²) in [4.78, 5) is 32.8. The van der Waals surface area contributed by atoms with Gasteiger partial charge in [-0.2, -0.15) is 0 Å². The first-order valence-corrected chi connectivity index (χ1v) is 4.03. The van der Waals surface area contributed by atoms with Crippen molar-refractivity contribution in [3.63, 3.8) is 0 Å². The molecule has 0 saturated carbocycles. The van der Waals surface area contributed by atoms with E-state index in [0.717, 1.165) is 12.2 Å². The zero-order valence-electron chi connectivity index (χ0n) is 7.11. The molecule has 0 spiro atoms. The van der Waals surface area contributed by atoms with Crippen LogP contribution >= 0.6 is 0 Å². The van der Waals surface area contributed by atoms with Crippen molar-refractivity contribution in [3.05, 3.63) is 34.9 Å². The summed E-state index contributed by atoms with van der Waals surface area (Å²) in [7, 11) is 0. The molecule has 0 aliphatic heterocycles. The Hall–Kier alpha value is -1.97. The van der Waals surface area contributed by atoms with E-state index in [1.54, 1.807) is 0 Å². The second-order valence-electron chi connectivity index (χ2n) is 3.10. The van der Waals surface area contributed by atoms with Crippen LogP contribution in [0.3, 0.4) is 0 Å². The summed E-state index contributed by atoms with van der Waals surface area (Å²) in [6.07, 6.45) is 3.65. The lowest BCUT2D eigenvalue weighted by atomic mass is 10.0. The van der Waals surface area contributed by atoms with E-state index in [4.69, 9.17) is 5.11 Å². The van der Waals surface area contributed by atoms with Gasteiger partial charge in [0.2, 0.25) is 0 Å². The van der Waals surface area contributed by atoms with E-state index in [9.17, 15) is 14.4 Å². The molecule has 70 valence electrons. The predicted octanol–water partition coefficient (Wildman–Crippen LogP) is 0.406. The average molecular weight is 190 g/mol. The smallest absolute Gasteiger partial charge is 0.328 e. The highest BCUT2D eigenvalue weighted by Crippen LogP contribution is 2.38. The number of hydrogen-bond donors (Lipinski definition) is 1. The van der Waals surface area contributed by atoms with Crippen molar-refractivity contribution < 1.29 is 19.5 Å². The second-order valence-corrected chi connectivity index (χ2v) is 3.10. The molecule has 0 heterocycles. The van der Waals surface area contributed by atoms with Gasteiger partial charge in [-0.1, -0.05) is 0 Å². The van der Waals surface area contributed by atoms with Gasteiger partial charge in [-0.15, -0.1) is 0 Å². The Labute approximate surface area is 79.2 Å². The summed E-state index contributed by atoms with van der Waals surface area (Å²) in [6, 6.07) is 0. The molecule has 4 heteroatoms. The van der Waals surface area contributed by atoms with Crippen LogP contribution in [-0.2, 0) is 14.4 Å². The van der Waals surface area contributed by atoms with Gasteiger partial charge < -0.3 is 5.11 Å². The number of Topliss-reactive ketones (excluding diaryl/α,β-unsaturated/α-hetero) is 1. The first-order valence-electron chi connectivity index (χ1n) is 4.03. The third-order valence-corrected chi connectivity index (χ3v) is 2.12. The van der Waals surface area contributed by atoms with E-state index in [-0.39, 0.29) is 17.1 Å². The zero-order valence-corrected chi connectivity index (χ0v) is 7.11. The number of carboxylic acids is 1. The van der Waals surface area contributed by atoms with Gasteiger partial charge in [0.05, 0.1) is 0 Å². The molecular formula is C10H6O4. The molecule has 0 bridgehead atoms. The van der Waals surface area contributed by atoms with Crippen LogP contribution in [0, 0.1) is 0 Å². The van der Waals surface area contributed by atoms with Crippen LogP contribution in [-0.4, -0.2) is 22.6 Å². The Morgan fingerprint density at radius 3 is 2.71 bits per heavy atom. The van der Waals surface area contributed by atoms with Crippen molar-refractivity contribution >= 4 is 17.5 Å². The van der Waals surface area contributed by atoms with Crippen LogP contribution in [0.15, 0.2) is 34.9 Å². The SMILES string of the molecule is O=C(O)C=CC1=CC(=O)C2=C(C2)C1=O. The molecular weight excluding hydrogens is 184 g/mol. The maximum Gasteiger partial charge on any atom is 0.328 e. The number of allylic oxidation sites excluding steroid dienone is 5. The molecule has 2 aliphatic carbocycles. The topological polar surface area (TPSA) is 71.4 Å². The van der Waals surface area contributed by atoms with Crippen LogP contribution in [0.25, 0.3) is 0 Å². The summed E-state index contributed by atoms with van der Waals surface area (Å²) in [5.74, 6) is -1.54. The van der Waals surface area contributed by atoms with Gasteiger partial charge in [-0.3, -0.25) is 9.59 Å². The van der Waals surface area contributed by atoms with Gasteiger partial charge >= 0.3 is 5.97 Å². The third kappa shape index (κ3) is 1.31. The Morgan fingerprint density at radius 1 is 1.36 bits per heavy atom. The third-order valence-electron chi connectivity index (χ3n) is 2.12. The highest BCUT2D eigenvalue weighted by molar-refractivity contribution is 6.29. The molecule has 0 aromatic carbocycles. The molecule has 0 aromatic heterocycles. The minimum Gasteiger partial charge on any atom is -0.478 e. The number of ketones is 2. The summed E-state index contributed by atoms with van der Waals surface area (Å²) in [5.41, 5.74) is 1.26. The van der Waals surface area contributed by atoms with Crippen LogP contribution in [0.4, 0.5) is 0 Å². The molecule has 14 heavy (non-hydrogen) atoms. The lowest BCUT2D eigenvalue weighted by molar-refractivity contribution is -0.131. The Bertz CT molecular complexity index is 449. The van der Waals surface area contributed by atoms with E-state index in [1.807, 2.05) is 0 Å². The van der Waals surface area contributed by atoms with Gasteiger partial charge in [-0.05, 0) is 12.2 Å². The fourth-order valence-corrected chi connectivity index (χ4v) is 1.34. The molecule has 2 rings (SSSR count). The van der Waals surface area contributed by atoms with Gasteiger partial charge in [0, 0.05) is 29.2 Å². The molecule has 0 atom stereocenters. The number of hydrogen-bond acceptors (Lipinski definition) is 3. The Morgan fingerprint density at radius 2 is 2.07 bits per heavy atom. The maximum atomic E-state index is 11.4. The minimum atomic E-state index is -1.14. The van der Waals surface area contributed by atoms with Gasteiger partial charge in [0.25, 0.3) is 0 Å². The van der Waals surface area contributed by atoms with Crippen molar-refractivity contribution in [2.75, 3.05) is 0 Å². The second kappa shape index (κ2) is 2.77. The Kier molecular flexibility index (Phi) is 1.70. The van der Waals surface area contributed by atoms with Crippen molar-refractivity contribution in [1.29, 1.82) is 0 Å². The van der Waals surface area contributed by atoms with E-state index in [1.165, 1.54) is 6.08 Å². The van der Waals surface area contributed by atoms with E-state index >= 15 is 0 Å². The lowest BCUT2D eigenvalue weighted by Gasteiger charge is -1.98. The number of carbonyl (C=O) groups is 3. The lowest BCUT2D eigenvalue weighted by Crippen LogP contribution is -2.06. The van der Waals surface area contributed by atoms with E-state index < -0.39 is 5.97 Å². The molecule has 0 aromatic rings. The van der Waals surface area contributed by atoms with Crippen LogP contribution < -0.4 is 0 Å². The number of aliphatic carboxylic acids is 1. The van der Waals surface area contributed by atoms with Crippen LogP contribution in [0.1, 0.15) is 6.42 Å². The van der Waals surface area contributed by atoms with Crippen molar-refractivity contribution in [1.82, 2.24) is 0 Å². The summed E-state index contributed by atoms with van der Waals surface area (Å²) >= 11 is 0. The monoisotopic (exact) mass is 190 g/mol. The predicted molar refractivity (Wildman–Crippen MR) is 46.5 cm³/mol. The molecule has 0 unspecified atom stereocenters. The number of carbonyl (C=O) groups excluding carboxylic acids is 2. The molecule has 0 amide bonds. The average Bonchev–Trinajstić information content (AvgIpc) is 2.88. The summed E-state index contributed by atoms with van der Waals surface area (Å²) < 4.78 is 0. The fourth-order valence-electron chi connectivity index (χ4n) is 1.34. The largest absolute Gasteiger partial charge is 0.478 e. The number of carboxylic acid groups (broad SMARTS) is 1. The van der Waals surface area contributed by atoms with Crippen LogP contribution in [0.5, 0.6) is 0 Å². The molecule has 2 aliphatic rings. The van der Waals surface area contributed by atoms with E-state index in [2.05, 4.69) is 0 Å². The fraction of sp³-hybridized carbons (Fsp3) is 0.100. The quantitative estimate of drug-likeness (QED) is 0.505. The zero-order chi connectivity index (χ0) is 10.3. The summed E-state index contributed by atoms with van der Waals surface area (Å²) in [5, 5.41) is 8.35. The first kappa shape index (κ1) is 8.62. The van der Waals surface area contributed by atoms with E-state index in [0.29, 0.717) is 17.6 Å². The summed E-state index contributed by atoms with van der Waals surface area (Å²) in [6.45, 7) is 0. The first-order chi connectivity index (χ1) is 6.59. The van der Waals surface area contributed by atoms with Crippen molar-refractivity contribution in [2.24, 2.45) is 0 Å². The molecule has 0 radical (unpaired) electrons. The molecule has 0 fully saturated rings. The van der Waals surface area contributed by atoms with Crippen molar-refractivity contribution in [3.8, 4) is 0 Å². The molecule has 4 nitrogen and oxygen atoms in total. The maximum absolute atomic E-state index is 11.4. The van der Waals surface area contributed by atoms with Crippen molar-refractivity contribution in [2.45, 2.75) is 6.42 Å². The highest BCUT2D eigenvalue weighted by atomic mass is 16.4. The van der Waals surface area contributed by atoms with Gasteiger partial charge in [0.15, 0.2) is 11.6 Å². The molecule has 1 N–H and O–H groups in total. The minimum absolute atomic E-state index is 0.161. The Balaban J connectivity index is 2.25. The standard InChI is InChI=1S/C10H6O4/c11-8-3-5(1-2-9(12)13)10(14)7-4-6(7)8/h1-3H,4H2,(H,12,13). The van der Waals surface area contributed by atoms with Gasteiger partial charge in [-0.25, -0.2) is 4.79 Å². The van der Waals surface area contributed by atoms with Crippen LogP contribution in [0.2, 0.25) is 0 Å². The van der Waals surface area contributed by atoms with Gasteiger partial charge in [0.1, 0.15) is 0 Å². The number of rotatable bonds is 2. The molecule has 0 saturated heterocycles.